The van der Waals surface area contributed by atoms with Crippen LogP contribution in [0.5, 0.6) is 0 Å². The molecule has 1 aromatic rings. The Morgan fingerprint density at radius 1 is 1.53 bits per heavy atom. The Morgan fingerprint density at radius 2 is 2.35 bits per heavy atom. The van der Waals surface area contributed by atoms with Crippen LogP contribution in [0.15, 0.2) is 10.4 Å². The van der Waals surface area contributed by atoms with E-state index >= 15 is 0 Å². The maximum Gasteiger partial charge on any atom is 0.251 e. The van der Waals surface area contributed by atoms with E-state index in [0.717, 1.165) is 28.6 Å². The first-order chi connectivity index (χ1) is 8.08. The molecular formula is C8H11ClN2O2S4. The Morgan fingerprint density at radius 3 is 2.94 bits per heavy atom. The summed E-state index contributed by atoms with van der Waals surface area (Å²) in [4.78, 5) is 3.73. The molecule has 2 heterocycles. The van der Waals surface area contributed by atoms with Crippen molar-refractivity contribution in [1.29, 1.82) is 0 Å². The molecule has 1 atom stereocenters. The molecule has 4 nitrogen and oxygen atoms in total. The zero-order chi connectivity index (χ0) is 12.3. The van der Waals surface area contributed by atoms with E-state index in [1.165, 1.54) is 6.20 Å². The second-order valence-electron chi connectivity index (χ2n) is 3.35. The molecule has 0 bridgehead atoms. The molecule has 96 valence electrons. The predicted octanol–water partition coefficient (Wildman–Crippen LogP) is 1.92. The van der Waals surface area contributed by atoms with Crippen LogP contribution in [0.4, 0.5) is 0 Å². The van der Waals surface area contributed by atoms with Crippen molar-refractivity contribution >= 4 is 56.5 Å². The number of rotatable bonds is 4. The topological polar surface area (TPSA) is 59.1 Å². The van der Waals surface area contributed by atoms with Gasteiger partial charge in [0.1, 0.15) is 0 Å². The van der Waals surface area contributed by atoms with E-state index in [2.05, 4.69) is 9.71 Å². The van der Waals surface area contributed by atoms with Gasteiger partial charge in [-0.3, -0.25) is 0 Å². The zero-order valence-electron chi connectivity index (χ0n) is 8.76. The van der Waals surface area contributed by atoms with Crippen molar-refractivity contribution in [3.8, 4) is 0 Å². The Hall–Kier alpha value is 0.530. The minimum atomic E-state index is -3.44. The summed E-state index contributed by atoms with van der Waals surface area (Å²) < 4.78 is 26.8. The molecule has 0 aliphatic carbocycles. The fraction of sp³-hybridized carbons (Fsp3) is 0.625. The van der Waals surface area contributed by atoms with Crippen molar-refractivity contribution in [3.63, 3.8) is 0 Å². The Bertz CT molecular complexity index is 470. The molecule has 1 fully saturated rings. The maximum atomic E-state index is 11.9. The highest BCUT2D eigenvalue weighted by molar-refractivity contribution is 8.06. The van der Waals surface area contributed by atoms with Crippen LogP contribution in [0, 0.1) is 0 Å². The van der Waals surface area contributed by atoms with E-state index in [-0.39, 0.29) is 8.68 Å². The minimum Gasteiger partial charge on any atom is -0.232 e. The fourth-order valence-corrected chi connectivity index (χ4v) is 6.43. The van der Waals surface area contributed by atoms with Crippen molar-refractivity contribution < 1.29 is 8.42 Å². The van der Waals surface area contributed by atoms with Crippen LogP contribution in [-0.2, 0) is 10.0 Å². The number of thioether (sulfide) groups is 2. The van der Waals surface area contributed by atoms with Gasteiger partial charge in [0.15, 0.2) is 8.68 Å². The van der Waals surface area contributed by atoms with Gasteiger partial charge in [0.05, 0.1) is 6.20 Å². The number of aromatic nitrogens is 1. The SMILES string of the molecule is O=S(=O)(NCC1CSCCS1)c1cnc(Cl)s1. The molecule has 1 unspecified atom stereocenters. The van der Waals surface area contributed by atoms with Crippen LogP contribution in [0.3, 0.4) is 0 Å². The number of nitrogens with one attached hydrogen (secondary N) is 1. The summed E-state index contributed by atoms with van der Waals surface area (Å²) in [6.45, 7) is 0.468. The van der Waals surface area contributed by atoms with Gasteiger partial charge in [-0.15, -0.1) is 0 Å². The van der Waals surface area contributed by atoms with E-state index in [9.17, 15) is 8.42 Å². The molecule has 1 aromatic heterocycles. The summed E-state index contributed by atoms with van der Waals surface area (Å²) in [6, 6.07) is 0. The number of hydrogen-bond donors (Lipinski definition) is 1. The molecule has 1 N–H and O–H groups in total. The molecule has 0 saturated carbocycles. The van der Waals surface area contributed by atoms with E-state index in [4.69, 9.17) is 11.6 Å². The molecule has 1 saturated heterocycles. The standard InChI is InChI=1S/C8H11ClN2O2S4/c9-8-10-4-7(16-8)17(12,13)11-3-6-5-14-1-2-15-6/h4,6,11H,1-3,5H2. The Kier molecular flexibility index (Phi) is 5.02. The number of halogens is 1. The molecule has 17 heavy (non-hydrogen) atoms. The normalized spacial score (nSPS) is 21.6. The lowest BCUT2D eigenvalue weighted by Crippen LogP contribution is -2.33. The number of hydrogen-bond acceptors (Lipinski definition) is 6. The Balaban J connectivity index is 1.93. The highest BCUT2D eigenvalue weighted by atomic mass is 35.5. The van der Waals surface area contributed by atoms with Crippen molar-refractivity contribution in [3.05, 3.63) is 10.7 Å². The summed E-state index contributed by atoms with van der Waals surface area (Å²) in [6.07, 6.45) is 1.29. The van der Waals surface area contributed by atoms with E-state index in [1.807, 2.05) is 23.5 Å². The third-order valence-corrected chi connectivity index (χ3v) is 7.95. The molecule has 0 aromatic carbocycles. The third-order valence-electron chi connectivity index (χ3n) is 2.11. The quantitative estimate of drug-likeness (QED) is 0.914. The smallest absolute Gasteiger partial charge is 0.232 e. The number of sulfonamides is 1. The van der Waals surface area contributed by atoms with Gasteiger partial charge in [-0.2, -0.15) is 23.5 Å². The number of nitrogens with zero attached hydrogens (tertiary/aromatic N) is 1. The first-order valence-corrected chi connectivity index (χ1v) is 9.76. The lowest BCUT2D eigenvalue weighted by molar-refractivity contribution is 0.583. The van der Waals surface area contributed by atoms with Gasteiger partial charge in [-0.25, -0.2) is 18.1 Å². The van der Waals surface area contributed by atoms with Crippen LogP contribution in [0.25, 0.3) is 0 Å². The maximum absolute atomic E-state index is 11.9. The molecule has 1 aliphatic heterocycles. The van der Waals surface area contributed by atoms with E-state index < -0.39 is 10.0 Å². The van der Waals surface area contributed by atoms with Gasteiger partial charge >= 0.3 is 0 Å². The monoisotopic (exact) mass is 330 g/mol. The minimum absolute atomic E-state index is 0.177. The summed E-state index contributed by atoms with van der Waals surface area (Å²) in [5, 5.41) is 0.354. The summed E-state index contributed by atoms with van der Waals surface area (Å²) >= 11 is 10.3. The van der Waals surface area contributed by atoms with Gasteiger partial charge in [0, 0.05) is 29.1 Å². The lowest BCUT2D eigenvalue weighted by Gasteiger charge is -2.20. The first-order valence-electron chi connectivity index (χ1n) is 4.88. The van der Waals surface area contributed by atoms with Gasteiger partial charge in [-0.1, -0.05) is 22.9 Å². The fourth-order valence-electron chi connectivity index (χ4n) is 1.29. The molecule has 9 heteroatoms. The van der Waals surface area contributed by atoms with Crippen molar-refractivity contribution in [2.45, 2.75) is 9.46 Å². The summed E-state index contributed by atoms with van der Waals surface area (Å²) in [5.41, 5.74) is 0. The average molecular weight is 331 g/mol. The van der Waals surface area contributed by atoms with Gasteiger partial charge in [0.25, 0.3) is 10.0 Å². The Labute approximate surface area is 118 Å². The molecule has 0 amide bonds. The third kappa shape index (κ3) is 4.00. The highest BCUT2D eigenvalue weighted by Crippen LogP contribution is 2.25. The zero-order valence-corrected chi connectivity index (χ0v) is 12.8. The van der Waals surface area contributed by atoms with E-state index in [1.54, 1.807) is 0 Å². The van der Waals surface area contributed by atoms with Crippen molar-refractivity contribution in [2.75, 3.05) is 23.8 Å². The van der Waals surface area contributed by atoms with Gasteiger partial charge in [-0.05, 0) is 0 Å². The van der Waals surface area contributed by atoms with Crippen LogP contribution < -0.4 is 4.72 Å². The molecule has 0 spiro atoms. The van der Waals surface area contributed by atoms with Crippen LogP contribution in [0.2, 0.25) is 4.47 Å². The van der Waals surface area contributed by atoms with Crippen LogP contribution in [-0.4, -0.2) is 42.5 Å². The van der Waals surface area contributed by atoms with Gasteiger partial charge < -0.3 is 0 Å². The van der Waals surface area contributed by atoms with Gasteiger partial charge in [0.2, 0.25) is 0 Å². The molecular weight excluding hydrogens is 320 g/mol. The highest BCUT2D eigenvalue weighted by Gasteiger charge is 2.21. The molecule has 1 aliphatic rings. The molecule has 2 rings (SSSR count). The largest absolute Gasteiger partial charge is 0.251 e. The first kappa shape index (κ1) is 14.0. The number of thiazole rings is 1. The molecule has 0 radical (unpaired) electrons. The van der Waals surface area contributed by atoms with Crippen LogP contribution >= 0.6 is 46.5 Å². The second kappa shape index (κ2) is 6.12. The predicted molar refractivity (Wildman–Crippen MR) is 75.9 cm³/mol. The summed E-state index contributed by atoms with van der Waals surface area (Å²) in [5.74, 6) is 3.23. The lowest BCUT2D eigenvalue weighted by atomic mass is 10.5. The van der Waals surface area contributed by atoms with Crippen molar-refractivity contribution in [2.24, 2.45) is 0 Å². The van der Waals surface area contributed by atoms with E-state index in [0.29, 0.717) is 11.8 Å². The summed E-state index contributed by atoms with van der Waals surface area (Å²) in [7, 11) is -3.44. The van der Waals surface area contributed by atoms with Crippen molar-refractivity contribution in [1.82, 2.24) is 9.71 Å². The average Bonchev–Trinajstić information content (AvgIpc) is 2.76. The second-order valence-corrected chi connectivity index (χ2v) is 9.52. The van der Waals surface area contributed by atoms with Crippen LogP contribution in [0.1, 0.15) is 0 Å².